The van der Waals surface area contributed by atoms with E-state index in [9.17, 15) is 0 Å². The smallest absolute Gasteiger partial charge is 0.0324 e. The minimum absolute atomic E-state index is 0. The first-order chi connectivity index (χ1) is 33.2. The molecule has 0 spiro atoms. The zero-order valence-corrected chi connectivity index (χ0v) is 39.2. The Balaban J connectivity index is 0.00000492. The lowest BCUT2D eigenvalue weighted by Gasteiger charge is -2.65. The lowest BCUT2D eigenvalue weighted by atomic mass is 9.38. The topological polar surface area (TPSA) is 0 Å². The second-order valence-electron chi connectivity index (χ2n) is 21.2. The molecule has 0 N–H and O–H groups in total. The summed E-state index contributed by atoms with van der Waals surface area (Å²) in [5, 5.41) is 18.5. The van der Waals surface area contributed by atoms with Crippen molar-refractivity contribution in [2.75, 3.05) is 0 Å². The molecule has 13 rings (SSSR count). The Labute approximate surface area is 407 Å². The highest BCUT2D eigenvalue weighted by molar-refractivity contribution is 6.07. The Morgan fingerprint density at radius 3 is 0.971 bits per heavy atom. The fourth-order valence-electron chi connectivity index (χ4n) is 15.3. The quantitative estimate of drug-likeness (QED) is 0.119. The van der Waals surface area contributed by atoms with Crippen LogP contribution in [0.15, 0.2) is 200 Å². The van der Waals surface area contributed by atoms with Gasteiger partial charge in [-0.3, -0.25) is 0 Å². The van der Waals surface area contributed by atoms with E-state index in [-0.39, 0.29) is 29.1 Å². The van der Waals surface area contributed by atoms with Crippen molar-refractivity contribution in [3.05, 3.63) is 234 Å². The van der Waals surface area contributed by atoms with Crippen LogP contribution in [0.1, 0.15) is 93.7 Å². The molecule has 2 atom stereocenters. The lowest BCUT2D eigenvalue weighted by Crippen LogP contribution is -2.59. The molecular weight excluding hydrogens is 829 g/mol. The van der Waals surface area contributed by atoms with Crippen LogP contribution in [0.5, 0.6) is 0 Å². The summed E-state index contributed by atoms with van der Waals surface area (Å²) in [7, 11) is 0. The van der Waals surface area contributed by atoms with E-state index in [4.69, 9.17) is 6.42 Å². The maximum atomic E-state index is 6.69. The standard InChI is InChI=1S/C68H54.CH4/c1-5-21-53-45(6-2)36-46-22-11-18-33-58(46)63(53)67-40-65(3,61-54-29-14-7-23-47(54)37-48-24-8-15-30-55(48)61)42-68(44-67,64-59-34-19-12-27-51(59)39-52-28-13-20-35-60(52)64)43-66(4,41-67)62-56-31-16-9-25-49(56)38-50-26-10-17-32-57(50)62;/h2,5,7-39H,40-44H2,1,3-4H3;1H4/b21-5-;. The molecule has 2 aliphatic rings. The molecule has 2 unspecified atom stereocenters. The molecule has 0 amide bonds. The van der Waals surface area contributed by atoms with Gasteiger partial charge in [-0.1, -0.05) is 209 Å². The van der Waals surface area contributed by atoms with Crippen LogP contribution in [0.4, 0.5) is 0 Å². The maximum Gasteiger partial charge on any atom is 0.0324 e. The van der Waals surface area contributed by atoms with Crippen molar-refractivity contribution in [2.45, 2.75) is 82.0 Å². The van der Waals surface area contributed by atoms with Crippen LogP contribution in [-0.2, 0) is 21.7 Å². The van der Waals surface area contributed by atoms with E-state index in [0.717, 1.165) is 37.7 Å². The minimum Gasteiger partial charge on any atom is -0.115 e. The van der Waals surface area contributed by atoms with Crippen LogP contribution in [-0.4, -0.2) is 0 Å². The van der Waals surface area contributed by atoms with Crippen molar-refractivity contribution in [1.29, 1.82) is 0 Å². The van der Waals surface area contributed by atoms with Gasteiger partial charge in [0.05, 0.1) is 0 Å². The summed E-state index contributed by atoms with van der Waals surface area (Å²) >= 11 is 0. The van der Waals surface area contributed by atoms with E-state index in [1.165, 1.54) is 103 Å². The maximum absolute atomic E-state index is 6.69. The predicted molar refractivity (Wildman–Crippen MR) is 299 cm³/mol. The van der Waals surface area contributed by atoms with Gasteiger partial charge in [0.1, 0.15) is 0 Å². The van der Waals surface area contributed by atoms with Gasteiger partial charge in [0.15, 0.2) is 0 Å². The Bertz CT molecular complexity index is 3660. The van der Waals surface area contributed by atoms with Crippen LogP contribution in [0.25, 0.3) is 81.5 Å². The van der Waals surface area contributed by atoms with Gasteiger partial charge in [-0.15, -0.1) is 6.42 Å². The lowest BCUT2D eigenvalue weighted by molar-refractivity contribution is 0.0205. The van der Waals surface area contributed by atoms with Crippen molar-refractivity contribution in [2.24, 2.45) is 0 Å². The highest BCUT2D eigenvalue weighted by Gasteiger charge is 2.63. The van der Waals surface area contributed by atoms with E-state index < -0.39 is 0 Å². The van der Waals surface area contributed by atoms with Gasteiger partial charge in [0, 0.05) is 5.56 Å². The number of benzene rings is 11. The third-order valence-electron chi connectivity index (χ3n) is 16.8. The number of fused-ring (bicyclic) bond motifs is 9. The first-order valence-corrected chi connectivity index (χ1v) is 24.6. The molecule has 0 aliphatic heterocycles. The average Bonchev–Trinajstić information content (AvgIpc) is 3.35. The largest absolute Gasteiger partial charge is 0.115 e. The first-order valence-electron chi connectivity index (χ1n) is 24.6. The molecule has 0 radical (unpaired) electrons. The van der Waals surface area contributed by atoms with Crippen LogP contribution in [0.3, 0.4) is 0 Å². The molecule has 11 aromatic carbocycles. The molecule has 0 nitrogen and oxygen atoms in total. The third-order valence-corrected chi connectivity index (χ3v) is 16.8. The molecular formula is C69H58. The summed E-state index contributed by atoms with van der Waals surface area (Å²) < 4.78 is 0. The van der Waals surface area contributed by atoms with Crippen LogP contribution in [0.2, 0.25) is 0 Å². The van der Waals surface area contributed by atoms with Crippen molar-refractivity contribution in [3.63, 3.8) is 0 Å². The van der Waals surface area contributed by atoms with Gasteiger partial charge >= 0.3 is 0 Å². The average molecular weight is 887 g/mol. The Morgan fingerprint density at radius 2 is 0.652 bits per heavy atom. The van der Waals surface area contributed by atoms with Crippen molar-refractivity contribution in [3.8, 4) is 12.3 Å². The van der Waals surface area contributed by atoms with Crippen molar-refractivity contribution in [1.82, 2.24) is 0 Å². The summed E-state index contributed by atoms with van der Waals surface area (Å²) in [5.41, 5.74) is 6.78. The Kier molecular flexibility index (Phi) is 9.82. The van der Waals surface area contributed by atoms with Gasteiger partial charge in [0.2, 0.25) is 0 Å². The molecule has 334 valence electrons. The zero-order chi connectivity index (χ0) is 45.8. The normalized spacial score (nSPS) is 22.5. The monoisotopic (exact) mass is 886 g/mol. The van der Waals surface area contributed by atoms with Gasteiger partial charge in [-0.25, -0.2) is 0 Å². The summed E-state index contributed by atoms with van der Waals surface area (Å²) in [5.74, 6) is 3.26. The molecule has 2 saturated carbocycles. The molecule has 0 saturated heterocycles. The molecule has 69 heavy (non-hydrogen) atoms. The van der Waals surface area contributed by atoms with E-state index in [2.05, 4.69) is 233 Å². The Hall–Kier alpha value is -7.46. The number of rotatable bonds is 5. The number of terminal acetylenes is 1. The molecule has 0 heterocycles. The predicted octanol–water partition coefficient (Wildman–Crippen LogP) is 18.5. The molecule has 11 aromatic rings. The van der Waals surface area contributed by atoms with Crippen LogP contribution in [0, 0.1) is 12.3 Å². The van der Waals surface area contributed by atoms with Crippen LogP contribution < -0.4 is 0 Å². The fraction of sp³-hybridized carbons (Fsp3) is 0.188. The van der Waals surface area contributed by atoms with E-state index in [1.54, 1.807) is 0 Å². The number of hydrogen-bond donors (Lipinski definition) is 0. The van der Waals surface area contributed by atoms with Gasteiger partial charge in [-0.2, -0.15) is 0 Å². The second kappa shape index (κ2) is 15.8. The highest BCUT2D eigenvalue weighted by Crippen LogP contribution is 2.70. The van der Waals surface area contributed by atoms with Crippen molar-refractivity contribution >= 4 is 81.5 Å². The van der Waals surface area contributed by atoms with Gasteiger partial charge in [0.25, 0.3) is 0 Å². The minimum atomic E-state index is -0.366. The molecule has 2 bridgehead atoms. The van der Waals surface area contributed by atoms with Crippen LogP contribution >= 0.6 is 0 Å². The van der Waals surface area contributed by atoms with Gasteiger partial charge < -0.3 is 0 Å². The summed E-state index contributed by atoms with van der Waals surface area (Å²) in [4.78, 5) is 0. The summed E-state index contributed by atoms with van der Waals surface area (Å²) in [6.07, 6.45) is 16.2. The molecule has 0 heteroatoms. The third kappa shape index (κ3) is 6.37. The summed E-state index contributed by atoms with van der Waals surface area (Å²) in [6.45, 7) is 7.48. The zero-order valence-electron chi connectivity index (χ0n) is 39.2. The molecule has 2 fully saturated rings. The summed E-state index contributed by atoms with van der Waals surface area (Å²) in [6, 6.07) is 74.1. The van der Waals surface area contributed by atoms with E-state index in [0.29, 0.717) is 0 Å². The second-order valence-corrected chi connectivity index (χ2v) is 21.2. The number of allylic oxidation sites excluding steroid dienone is 1. The SMILES string of the molecule is C.C#Cc1cc2ccccc2c(C23CC(C)(c4c5ccccc5cc5ccccc45)CC(c4c5ccccc5cc5ccccc45)(CC(C)(c4c5ccccc5cc5ccccc45)C2)C3)c1/C=C\C. The van der Waals surface area contributed by atoms with Crippen molar-refractivity contribution < 1.29 is 0 Å². The number of hydrogen-bond acceptors (Lipinski definition) is 0. The van der Waals surface area contributed by atoms with E-state index >= 15 is 0 Å². The van der Waals surface area contributed by atoms with Gasteiger partial charge in [-0.05, 0) is 188 Å². The molecule has 2 aliphatic carbocycles. The first kappa shape index (κ1) is 42.9. The Morgan fingerprint density at radius 1 is 0.377 bits per heavy atom. The van der Waals surface area contributed by atoms with E-state index in [1.807, 2.05) is 0 Å². The fourth-order valence-corrected chi connectivity index (χ4v) is 15.3. The highest BCUT2D eigenvalue weighted by atomic mass is 14.7. The molecule has 0 aromatic heterocycles.